The highest BCUT2D eigenvalue weighted by atomic mass is 16.1. The summed E-state index contributed by atoms with van der Waals surface area (Å²) in [7, 11) is 0. The summed E-state index contributed by atoms with van der Waals surface area (Å²) in [6.07, 6.45) is 0. The van der Waals surface area contributed by atoms with Crippen molar-refractivity contribution >= 4 is 0 Å². The van der Waals surface area contributed by atoms with E-state index in [1.54, 1.807) is 4.57 Å². The van der Waals surface area contributed by atoms with Gasteiger partial charge in [-0.05, 0) is 18.9 Å². The molecule has 0 aliphatic carbocycles. The fourth-order valence-electron chi connectivity index (χ4n) is 1.62. The van der Waals surface area contributed by atoms with Crippen LogP contribution in [0.4, 0.5) is 0 Å². The first kappa shape index (κ1) is 11.0. The highest BCUT2D eigenvalue weighted by molar-refractivity contribution is 5.18. The van der Waals surface area contributed by atoms with Crippen LogP contribution in [-0.4, -0.2) is 4.57 Å². The van der Waals surface area contributed by atoms with E-state index in [9.17, 15) is 4.79 Å². The first-order valence-corrected chi connectivity index (χ1v) is 5.04. The summed E-state index contributed by atoms with van der Waals surface area (Å²) in [4.78, 5) is 11.8. The second kappa shape index (κ2) is 4.42. The topological polar surface area (TPSA) is 48.0 Å². The number of aromatic nitrogens is 1. The molecule has 0 fully saturated rings. The van der Waals surface area contributed by atoms with Crippen molar-refractivity contribution in [1.82, 2.24) is 4.57 Å². The molecule has 0 amide bonds. The Morgan fingerprint density at radius 1 is 1.43 bits per heavy atom. The van der Waals surface area contributed by atoms with Gasteiger partial charge in [0.15, 0.2) is 0 Å². The van der Waals surface area contributed by atoms with E-state index < -0.39 is 0 Å². The van der Waals surface area contributed by atoms with Crippen molar-refractivity contribution in [3.8, 4) is 0 Å². The maximum atomic E-state index is 11.8. The quantitative estimate of drug-likeness (QED) is 0.791. The van der Waals surface area contributed by atoms with E-state index >= 15 is 0 Å². The van der Waals surface area contributed by atoms with Gasteiger partial charge in [0.05, 0.1) is 0 Å². The van der Waals surface area contributed by atoms with Crippen LogP contribution in [0.15, 0.2) is 16.9 Å². The van der Waals surface area contributed by atoms with Gasteiger partial charge in [0.25, 0.3) is 5.56 Å². The number of hydrogen-bond acceptors (Lipinski definition) is 2. The first-order valence-electron chi connectivity index (χ1n) is 5.04. The zero-order valence-corrected chi connectivity index (χ0v) is 9.08. The van der Waals surface area contributed by atoms with Crippen LogP contribution in [0.5, 0.6) is 0 Å². The van der Waals surface area contributed by atoms with Gasteiger partial charge in [-0.3, -0.25) is 4.79 Å². The van der Waals surface area contributed by atoms with Gasteiger partial charge in [0.1, 0.15) is 0 Å². The third-order valence-corrected chi connectivity index (χ3v) is 2.41. The van der Waals surface area contributed by atoms with Crippen LogP contribution in [0.2, 0.25) is 0 Å². The van der Waals surface area contributed by atoms with Crippen molar-refractivity contribution < 1.29 is 0 Å². The number of nitrogens with two attached hydrogens (primary N) is 1. The minimum absolute atomic E-state index is 0.0567. The smallest absolute Gasteiger partial charge is 0.255 e. The molecule has 0 radical (unpaired) electrons. The number of pyridine rings is 1. The lowest BCUT2D eigenvalue weighted by Crippen LogP contribution is -2.27. The van der Waals surface area contributed by atoms with E-state index in [1.807, 2.05) is 19.1 Å². The van der Waals surface area contributed by atoms with Gasteiger partial charge in [0, 0.05) is 24.3 Å². The Morgan fingerprint density at radius 2 is 2.07 bits per heavy atom. The van der Waals surface area contributed by atoms with Crippen LogP contribution in [0.1, 0.15) is 37.9 Å². The number of nitrogens with zero attached hydrogens (tertiary/aromatic N) is 1. The maximum Gasteiger partial charge on any atom is 0.255 e. The lowest BCUT2D eigenvalue weighted by atomic mass is 10.1. The molecule has 0 saturated carbocycles. The molecule has 1 aromatic rings. The van der Waals surface area contributed by atoms with Gasteiger partial charge in [-0.15, -0.1) is 0 Å². The lowest BCUT2D eigenvalue weighted by Gasteiger charge is -2.14. The minimum Gasteiger partial charge on any atom is -0.326 e. The zero-order valence-electron chi connectivity index (χ0n) is 9.08. The first-order chi connectivity index (χ1) is 6.61. The molecule has 1 aromatic heterocycles. The van der Waals surface area contributed by atoms with E-state index in [1.165, 1.54) is 0 Å². The summed E-state index contributed by atoms with van der Waals surface area (Å²) < 4.78 is 1.80. The summed E-state index contributed by atoms with van der Waals surface area (Å²) in [6.45, 7) is 7.18. The van der Waals surface area contributed by atoms with Gasteiger partial charge in [0.2, 0.25) is 0 Å². The summed E-state index contributed by atoms with van der Waals surface area (Å²) in [5.74, 6) is 0.370. The standard InChI is InChI=1S/C11H18N2O/c1-4-13-10(8(2)3)6-5-9(7-12)11(13)14/h5-6,8H,4,7,12H2,1-3H3. The third kappa shape index (κ3) is 1.87. The van der Waals surface area contributed by atoms with E-state index in [4.69, 9.17) is 5.73 Å². The summed E-state index contributed by atoms with van der Waals surface area (Å²) in [6, 6.07) is 3.83. The molecule has 0 aliphatic rings. The van der Waals surface area contributed by atoms with Crippen LogP contribution in [0, 0.1) is 0 Å². The Hall–Kier alpha value is -1.09. The molecular formula is C11H18N2O. The normalized spacial score (nSPS) is 10.9. The number of hydrogen-bond donors (Lipinski definition) is 1. The molecule has 0 bridgehead atoms. The monoisotopic (exact) mass is 194 g/mol. The molecule has 0 aromatic carbocycles. The van der Waals surface area contributed by atoms with E-state index in [2.05, 4.69) is 13.8 Å². The summed E-state index contributed by atoms with van der Waals surface area (Å²) in [5.41, 5.74) is 7.31. The van der Waals surface area contributed by atoms with Crippen molar-refractivity contribution in [3.63, 3.8) is 0 Å². The molecule has 1 rings (SSSR count). The Bertz CT molecular complexity index is 366. The Balaban J connectivity index is 3.36. The SMILES string of the molecule is CCn1c(C(C)C)ccc(CN)c1=O. The van der Waals surface area contributed by atoms with Gasteiger partial charge >= 0.3 is 0 Å². The Kier molecular flexibility index (Phi) is 3.47. The fourth-order valence-corrected chi connectivity index (χ4v) is 1.62. The van der Waals surface area contributed by atoms with Gasteiger partial charge < -0.3 is 10.3 Å². The predicted molar refractivity (Wildman–Crippen MR) is 58.4 cm³/mol. The largest absolute Gasteiger partial charge is 0.326 e. The van der Waals surface area contributed by atoms with Crippen LogP contribution in [0.3, 0.4) is 0 Å². The average Bonchev–Trinajstić information content (AvgIpc) is 2.17. The maximum absolute atomic E-state index is 11.8. The molecule has 0 atom stereocenters. The summed E-state index contributed by atoms with van der Waals surface area (Å²) >= 11 is 0. The van der Waals surface area contributed by atoms with Crippen molar-refractivity contribution in [2.45, 2.75) is 39.8 Å². The molecule has 0 spiro atoms. The molecule has 78 valence electrons. The molecule has 14 heavy (non-hydrogen) atoms. The van der Waals surface area contributed by atoms with E-state index in [0.29, 0.717) is 24.6 Å². The average molecular weight is 194 g/mol. The Morgan fingerprint density at radius 3 is 2.50 bits per heavy atom. The van der Waals surface area contributed by atoms with E-state index in [-0.39, 0.29) is 5.56 Å². The summed E-state index contributed by atoms with van der Waals surface area (Å²) in [5, 5.41) is 0. The molecule has 2 N–H and O–H groups in total. The molecule has 0 saturated heterocycles. The molecule has 0 unspecified atom stereocenters. The second-order valence-electron chi connectivity index (χ2n) is 3.69. The molecule has 3 nitrogen and oxygen atoms in total. The highest BCUT2D eigenvalue weighted by Gasteiger charge is 2.08. The van der Waals surface area contributed by atoms with Crippen molar-refractivity contribution in [1.29, 1.82) is 0 Å². The van der Waals surface area contributed by atoms with Crippen LogP contribution < -0.4 is 11.3 Å². The van der Waals surface area contributed by atoms with Gasteiger partial charge in [-0.2, -0.15) is 0 Å². The van der Waals surface area contributed by atoms with Gasteiger partial charge in [-0.25, -0.2) is 0 Å². The zero-order chi connectivity index (χ0) is 10.7. The highest BCUT2D eigenvalue weighted by Crippen LogP contribution is 2.12. The third-order valence-electron chi connectivity index (χ3n) is 2.41. The van der Waals surface area contributed by atoms with Crippen molar-refractivity contribution in [2.24, 2.45) is 5.73 Å². The predicted octanol–water partition coefficient (Wildman–Crippen LogP) is 1.45. The van der Waals surface area contributed by atoms with Crippen LogP contribution in [0.25, 0.3) is 0 Å². The molecule has 1 heterocycles. The van der Waals surface area contributed by atoms with Crippen LogP contribution in [-0.2, 0) is 13.1 Å². The molecule has 3 heteroatoms. The fraction of sp³-hybridized carbons (Fsp3) is 0.545. The van der Waals surface area contributed by atoms with Crippen molar-refractivity contribution in [3.05, 3.63) is 33.7 Å². The minimum atomic E-state index is 0.0567. The van der Waals surface area contributed by atoms with Gasteiger partial charge in [-0.1, -0.05) is 19.9 Å². The lowest BCUT2D eigenvalue weighted by molar-refractivity contribution is 0.632. The van der Waals surface area contributed by atoms with Crippen molar-refractivity contribution in [2.75, 3.05) is 0 Å². The van der Waals surface area contributed by atoms with E-state index in [0.717, 1.165) is 5.69 Å². The molecular weight excluding hydrogens is 176 g/mol. The Labute approximate surface area is 84.6 Å². The van der Waals surface area contributed by atoms with Crippen LogP contribution >= 0.6 is 0 Å². The molecule has 0 aliphatic heterocycles. The second-order valence-corrected chi connectivity index (χ2v) is 3.69. The number of rotatable bonds is 3.